The molecule has 0 saturated heterocycles. The highest BCUT2D eigenvalue weighted by atomic mass is 32.2. The third-order valence-corrected chi connectivity index (χ3v) is 4.86. The van der Waals surface area contributed by atoms with E-state index in [2.05, 4.69) is 9.82 Å². The zero-order valence-corrected chi connectivity index (χ0v) is 13.4. The van der Waals surface area contributed by atoms with Gasteiger partial charge in [-0.1, -0.05) is 17.7 Å². The zero-order chi connectivity index (χ0) is 15.5. The second-order valence-electron chi connectivity index (χ2n) is 5.30. The lowest BCUT2D eigenvalue weighted by atomic mass is 10.2. The normalized spacial score (nSPS) is 11.8. The fraction of sp³-hybridized carbons (Fsp3) is 0.400. The van der Waals surface area contributed by atoms with Gasteiger partial charge in [0.2, 0.25) is 10.0 Å². The maximum absolute atomic E-state index is 12.2. The van der Waals surface area contributed by atoms with Crippen molar-refractivity contribution in [1.29, 1.82) is 0 Å². The summed E-state index contributed by atoms with van der Waals surface area (Å²) in [5.74, 6) is 0. The van der Waals surface area contributed by atoms with Crippen molar-refractivity contribution in [3.8, 4) is 0 Å². The number of nitrogens with one attached hydrogen (secondary N) is 1. The molecule has 0 aliphatic rings. The summed E-state index contributed by atoms with van der Waals surface area (Å²) in [6.45, 7) is 6.83. The Morgan fingerprint density at radius 3 is 2.57 bits per heavy atom. The maximum Gasteiger partial charge on any atom is 0.240 e. The first-order chi connectivity index (χ1) is 9.88. The van der Waals surface area contributed by atoms with Gasteiger partial charge in [0.15, 0.2) is 0 Å². The van der Waals surface area contributed by atoms with E-state index in [4.69, 9.17) is 0 Å². The Labute approximate surface area is 126 Å². The van der Waals surface area contributed by atoms with Gasteiger partial charge in [-0.3, -0.25) is 4.68 Å². The van der Waals surface area contributed by atoms with Crippen LogP contribution in [0.4, 0.5) is 0 Å². The highest BCUT2D eigenvalue weighted by Crippen LogP contribution is 2.16. The molecule has 0 fully saturated rings. The molecule has 0 atom stereocenters. The standard InChI is InChI=1S/C15H21N3O2S/c1-12-5-6-15(14(3)9-12)21(19,20)17-7-4-8-18-11-13(2)10-16-18/h5-6,9-11,17H,4,7-8H2,1-3H3. The first-order valence-electron chi connectivity index (χ1n) is 6.94. The molecule has 0 radical (unpaired) electrons. The SMILES string of the molecule is Cc1ccc(S(=O)(=O)NCCCn2cc(C)cn2)c(C)c1. The first kappa shape index (κ1) is 15.7. The third kappa shape index (κ3) is 4.15. The van der Waals surface area contributed by atoms with E-state index in [9.17, 15) is 8.42 Å². The predicted molar refractivity (Wildman–Crippen MR) is 82.7 cm³/mol. The van der Waals surface area contributed by atoms with Gasteiger partial charge in [-0.25, -0.2) is 13.1 Å². The lowest BCUT2D eigenvalue weighted by Crippen LogP contribution is -2.26. The highest BCUT2D eigenvalue weighted by molar-refractivity contribution is 7.89. The number of aryl methyl sites for hydroxylation is 4. The monoisotopic (exact) mass is 307 g/mol. The number of aromatic nitrogens is 2. The lowest BCUT2D eigenvalue weighted by Gasteiger charge is -2.10. The number of nitrogens with zero attached hydrogens (tertiary/aromatic N) is 2. The van der Waals surface area contributed by atoms with Crippen molar-refractivity contribution in [3.05, 3.63) is 47.3 Å². The van der Waals surface area contributed by atoms with Crippen LogP contribution in [0.15, 0.2) is 35.5 Å². The van der Waals surface area contributed by atoms with Crippen LogP contribution in [-0.2, 0) is 16.6 Å². The van der Waals surface area contributed by atoms with Crippen molar-refractivity contribution < 1.29 is 8.42 Å². The summed E-state index contributed by atoms with van der Waals surface area (Å²) in [6, 6.07) is 5.35. The summed E-state index contributed by atoms with van der Waals surface area (Å²) >= 11 is 0. The van der Waals surface area contributed by atoms with Crippen molar-refractivity contribution in [2.45, 2.75) is 38.6 Å². The molecular formula is C15H21N3O2S. The highest BCUT2D eigenvalue weighted by Gasteiger charge is 2.15. The van der Waals surface area contributed by atoms with Gasteiger partial charge < -0.3 is 0 Å². The molecule has 0 unspecified atom stereocenters. The Bertz CT molecular complexity index is 720. The van der Waals surface area contributed by atoms with E-state index in [0.717, 1.165) is 16.7 Å². The van der Waals surface area contributed by atoms with Crippen molar-refractivity contribution in [3.63, 3.8) is 0 Å². The van der Waals surface area contributed by atoms with Crippen molar-refractivity contribution >= 4 is 10.0 Å². The van der Waals surface area contributed by atoms with E-state index >= 15 is 0 Å². The van der Waals surface area contributed by atoms with Gasteiger partial charge in [-0.05, 0) is 44.4 Å². The Hall–Kier alpha value is -1.66. The first-order valence-corrected chi connectivity index (χ1v) is 8.43. The molecule has 0 bridgehead atoms. The van der Waals surface area contributed by atoms with E-state index in [1.54, 1.807) is 12.3 Å². The quantitative estimate of drug-likeness (QED) is 0.832. The van der Waals surface area contributed by atoms with Crippen LogP contribution in [0.5, 0.6) is 0 Å². The largest absolute Gasteiger partial charge is 0.272 e. The van der Waals surface area contributed by atoms with Crippen LogP contribution in [0.1, 0.15) is 23.1 Å². The minimum absolute atomic E-state index is 0.350. The number of sulfonamides is 1. The average Bonchev–Trinajstić information content (AvgIpc) is 2.80. The van der Waals surface area contributed by atoms with Crippen molar-refractivity contribution in [2.75, 3.05) is 6.54 Å². The topological polar surface area (TPSA) is 64.0 Å². The summed E-state index contributed by atoms with van der Waals surface area (Å²) in [6.07, 6.45) is 4.43. The molecule has 0 spiro atoms. The van der Waals surface area contributed by atoms with Crippen LogP contribution < -0.4 is 4.72 Å². The molecule has 1 N–H and O–H groups in total. The van der Waals surface area contributed by atoms with Crippen LogP contribution in [0, 0.1) is 20.8 Å². The van der Waals surface area contributed by atoms with Gasteiger partial charge in [0.25, 0.3) is 0 Å². The molecule has 1 aromatic carbocycles. The summed E-state index contributed by atoms with van der Waals surface area (Å²) in [4.78, 5) is 0.350. The van der Waals surface area contributed by atoms with Gasteiger partial charge in [0, 0.05) is 19.3 Å². The number of benzene rings is 1. The minimum Gasteiger partial charge on any atom is -0.272 e. The fourth-order valence-electron chi connectivity index (χ4n) is 2.22. The van der Waals surface area contributed by atoms with Crippen LogP contribution in [0.25, 0.3) is 0 Å². The lowest BCUT2D eigenvalue weighted by molar-refractivity contribution is 0.552. The Balaban J connectivity index is 1.92. The fourth-order valence-corrected chi connectivity index (χ4v) is 3.51. The molecule has 2 rings (SSSR count). The molecular weight excluding hydrogens is 286 g/mol. The predicted octanol–water partition coefficient (Wildman–Crippen LogP) is 2.18. The number of rotatable bonds is 6. The van der Waals surface area contributed by atoms with Crippen LogP contribution in [-0.4, -0.2) is 24.7 Å². The number of hydrogen-bond donors (Lipinski definition) is 1. The van der Waals surface area contributed by atoms with E-state index in [1.807, 2.05) is 43.8 Å². The Kier molecular flexibility index (Phi) is 4.80. The summed E-state index contributed by atoms with van der Waals surface area (Å²) in [7, 11) is -3.44. The molecule has 1 heterocycles. The van der Waals surface area contributed by atoms with Crippen LogP contribution in [0.3, 0.4) is 0 Å². The van der Waals surface area contributed by atoms with E-state index in [-0.39, 0.29) is 0 Å². The summed E-state index contributed by atoms with van der Waals surface area (Å²) < 4.78 is 29.0. The molecule has 0 saturated carbocycles. The second kappa shape index (κ2) is 6.41. The molecule has 2 aromatic rings. The third-order valence-electron chi connectivity index (χ3n) is 3.24. The maximum atomic E-state index is 12.2. The molecule has 1 aromatic heterocycles. The van der Waals surface area contributed by atoms with Gasteiger partial charge >= 0.3 is 0 Å². The molecule has 6 heteroatoms. The minimum atomic E-state index is -3.44. The molecule has 0 aliphatic heterocycles. The van der Waals surface area contributed by atoms with E-state index < -0.39 is 10.0 Å². The van der Waals surface area contributed by atoms with Gasteiger partial charge in [-0.2, -0.15) is 5.10 Å². The van der Waals surface area contributed by atoms with Crippen molar-refractivity contribution in [2.24, 2.45) is 0 Å². The van der Waals surface area contributed by atoms with Gasteiger partial charge in [-0.15, -0.1) is 0 Å². The second-order valence-corrected chi connectivity index (χ2v) is 7.04. The number of hydrogen-bond acceptors (Lipinski definition) is 3. The molecule has 5 nitrogen and oxygen atoms in total. The molecule has 0 aliphatic carbocycles. The average molecular weight is 307 g/mol. The van der Waals surface area contributed by atoms with E-state index in [0.29, 0.717) is 24.4 Å². The van der Waals surface area contributed by atoms with Crippen molar-refractivity contribution in [1.82, 2.24) is 14.5 Å². The molecule has 0 amide bonds. The van der Waals surface area contributed by atoms with Gasteiger partial charge in [0.05, 0.1) is 11.1 Å². The Morgan fingerprint density at radius 2 is 1.95 bits per heavy atom. The molecule has 114 valence electrons. The van der Waals surface area contributed by atoms with Gasteiger partial charge in [0.1, 0.15) is 0 Å². The van der Waals surface area contributed by atoms with Crippen LogP contribution >= 0.6 is 0 Å². The summed E-state index contributed by atoms with van der Waals surface area (Å²) in [5.41, 5.74) is 2.93. The zero-order valence-electron chi connectivity index (χ0n) is 12.6. The summed E-state index contributed by atoms with van der Waals surface area (Å²) in [5, 5.41) is 4.17. The smallest absolute Gasteiger partial charge is 0.240 e. The Morgan fingerprint density at radius 1 is 1.19 bits per heavy atom. The molecule has 21 heavy (non-hydrogen) atoms. The van der Waals surface area contributed by atoms with Crippen LogP contribution in [0.2, 0.25) is 0 Å². The van der Waals surface area contributed by atoms with E-state index in [1.165, 1.54) is 0 Å².